The maximum Gasteiger partial charge on any atom is 0.278 e. The molecule has 3 aromatic heterocycles. The minimum Gasteiger partial charge on any atom is -0.321 e. The number of para-hydroxylation sites is 1. The van der Waals surface area contributed by atoms with E-state index >= 15 is 0 Å². The van der Waals surface area contributed by atoms with Crippen LogP contribution in [0.2, 0.25) is 0 Å². The van der Waals surface area contributed by atoms with Crippen LogP contribution in [0.1, 0.15) is 27.8 Å². The summed E-state index contributed by atoms with van der Waals surface area (Å²) in [5.74, 6) is -0.829. The molecule has 9 nitrogen and oxygen atoms in total. The number of amides is 2. The Morgan fingerprint density at radius 3 is 2.68 bits per heavy atom. The number of carbonyl (C=O) groups is 2. The van der Waals surface area contributed by atoms with Gasteiger partial charge in [0.2, 0.25) is 0 Å². The van der Waals surface area contributed by atoms with Gasteiger partial charge in [-0.2, -0.15) is 10.2 Å². The van der Waals surface area contributed by atoms with Gasteiger partial charge in [-0.1, -0.05) is 18.2 Å². The van der Waals surface area contributed by atoms with Crippen LogP contribution in [0.15, 0.2) is 61.2 Å². The van der Waals surface area contributed by atoms with Crippen molar-refractivity contribution in [1.82, 2.24) is 24.4 Å². The van der Waals surface area contributed by atoms with Gasteiger partial charge in [0.25, 0.3) is 11.8 Å². The lowest BCUT2D eigenvalue weighted by Gasteiger charge is -2.06. The molecule has 0 unspecified atom stereocenters. The van der Waals surface area contributed by atoms with Crippen molar-refractivity contribution in [1.29, 1.82) is 0 Å². The van der Waals surface area contributed by atoms with Crippen LogP contribution in [0.3, 0.4) is 0 Å². The summed E-state index contributed by atoms with van der Waals surface area (Å²) in [4.78, 5) is 29.6. The zero-order valence-corrected chi connectivity index (χ0v) is 15.0. The lowest BCUT2D eigenvalue weighted by Crippen LogP contribution is -2.18. The summed E-state index contributed by atoms with van der Waals surface area (Å²) in [5, 5.41) is 13.9. The molecule has 2 amide bonds. The number of hydrogen-bond donors (Lipinski definition) is 2. The Labute approximate surface area is 160 Å². The molecule has 0 fully saturated rings. The molecule has 0 radical (unpaired) electrons. The number of nitrogens with one attached hydrogen (secondary N) is 2. The molecular formula is C19H17N7O2. The first-order valence-electron chi connectivity index (χ1n) is 8.69. The lowest BCUT2D eigenvalue weighted by molar-refractivity contribution is 0.102. The third-order valence-electron chi connectivity index (χ3n) is 4.10. The third kappa shape index (κ3) is 3.32. The van der Waals surface area contributed by atoms with Gasteiger partial charge in [-0.05, 0) is 25.1 Å². The van der Waals surface area contributed by atoms with Crippen molar-refractivity contribution in [2.75, 3.05) is 10.6 Å². The molecule has 0 bridgehead atoms. The normalized spacial score (nSPS) is 10.8. The van der Waals surface area contributed by atoms with Gasteiger partial charge in [0.1, 0.15) is 5.56 Å². The van der Waals surface area contributed by atoms with Gasteiger partial charge in [-0.3, -0.25) is 14.3 Å². The molecule has 3 heterocycles. The Bertz CT molecular complexity index is 1150. The fourth-order valence-electron chi connectivity index (χ4n) is 2.73. The van der Waals surface area contributed by atoms with Crippen molar-refractivity contribution in [3.05, 3.63) is 72.4 Å². The first-order chi connectivity index (χ1) is 13.7. The summed E-state index contributed by atoms with van der Waals surface area (Å²) in [6, 6.07) is 10.8. The van der Waals surface area contributed by atoms with E-state index in [1.54, 1.807) is 41.5 Å². The maximum absolute atomic E-state index is 12.7. The second-order valence-electron chi connectivity index (χ2n) is 5.97. The second kappa shape index (κ2) is 7.31. The SMILES string of the molecule is CCn1cc(NC(=O)c2cnn3cccnc23)c(C(=O)Nc2ccccc2)n1. The quantitative estimate of drug-likeness (QED) is 0.557. The topological polar surface area (TPSA) is 106 Å². The average molecular weight is 375 g/mol. The summed E-state index contributed by atoms with van der Waals surface area (Å²) in [6.45, 7) is 2.45. The van der Waals surface area contributed by atoms with E-state index in [1.807, 2.05) is 25.1 Å². The standard InChI is InChI=1S/C19H17N7O2/c1-2-25-12-15(16(24-25)19(28)22-13-7-4-3-5-8-13)23-18(27)14-11-21-26-10-6-9-20-17(14)26/h3-12H,2H2,1H3,(H,22,28)(H,23,27). The van der Waals surface area contributed by atoms with Crippen LogP contribution in [0.25, 0.3) is 5.65 Å². The molecule has 28 heavy (non-hydrogen) atoms. The van der Waals surface area contributed by atoms with E-state index in [0.29, 0.717) is 29.1 Å². The Hall–Kier alpha value is -4.01. The van der Waals surface area contributed by atoms with Crippen LogP contribution in [0, 0.1) is 0 Å². The second-order valence-corrected chi connectivity index (χ2v) is 5.97. The van der Waals surface area contributed by atoms with Crippen LogP contribution >= 0.6 is 0 Å². The summed E-state index contributed by atoms with van der Waals surface area (Å²) < 4.78 is 3.09. The van der Waals surface area contributed by atoms with E-state index < -0.39 is 11.8 Å². The molecule has 0 aliphatic carbocycles. The predicted molar refractivity (Wildman–Crippen MR) is 103 cm³/mol. The van der Waals surface area contributed by atoms with Gasteiger partial charge in [-0.15, -0.1) is 0 Å². The first-order valence-corrected chi connectivity index (χ1v) is 8.69. The minimum atomic E-state index is -0.418. The minimum absolute atomic E-state index is 0.128. The molecule has 0 aliphatic heterocycles. The van der Waals surface area contributed by atoms with E-state index in [-0.39, 0.29) is 5.69 Å². The zero-order chi connectivity index (χ0) is 19.5. The Morgan fingerprint density at radius 1 is 1.07 bits per heavy atom. The zero-order valence-electron chi connectivity index (χ0n) is 15.0. The number of fused-ring (bicyclic) bond motifs is 1. The average Bonchev–Trinajstić information content (AvgIpc) is 3.33. The number of carbonyl (C=O) groups excluding carboxylic acids is 2. The van der Waals surface area contributed by atoms with Crippen molar-refractivity contribution in [3.63, 3.8) is 0 Å². The summed E-state index contributed by atoms with van der Waals surface area (Å²) in [5.41, 5.74) is 1.82. The molecule has 4 aromatic rings. The van der Waals surface area contributed by atoms with E-state index in [1.165, 1.54) is 10.7 Å². The monoisotopic (exact) mass is 375 g/mol. The van der Waals surface area contributed by atoms with Crippen LogP contribution < -0.4 is 10.6 Å². The number of nitrogens with zero attached hydrogens (tertiary/aromatic N) is 5. The van der Waals surface area contributed by atoms with Crippen LogP contribution in [0.4, 0.5) is 11.4 Å². The number of hydrogen-bond acceptors (Lipinski definition) is 5. The predicted octanol–water partition coefficient (Wildman–Crippen LogP) is 2.45. The first kappa shape index (κ1) is 17.4. The molecule has 0 atom stereocenters. The molecule has 0 saturated carbocycles. The smallest absolute Gasteiger partial charge is 0.278 e. The summed E-state index contributed by atoms with van der Waals surface area (Å²) in [7, 11) is 0. The fraction of sp³-hybridized carbons (Fsp3) is 0.105. The Kier molecular flexibility index (Phi) is 4.55. The molecule has 9 heteroatoms. The number of benzene rings is 1. The fourth-order valence-corrected chi connectivity index (χ4v) is 2.73. The molecule has 0 spiro atoms. The lowest BCUT2D eigenvalue weighted by atomic mass is 10.2. The van der Waals surface area contributed by atoms with Gasteiger partial charge in [-0.25, -0.2) is 9.50 Å². The highest BCUT2D eigenvalue weighted by Crippen LogP contribution is 2.18. The number of aromatic nitrogens is 5. The highest BCUT2D eigenvalue weighted by molar-refractivity contribution is 6.13. The van der Waals surface area contributed by atoms with E-state index in [4.69, 9.17) is 0 Å². The highest BCUT2D eigenvalue weighted by Gasteiger charge is 2.21. The molecule has 0 saturated heterocycles. The Morgan fingerprint density at radius 2 is 1.89 bits per heavy atom. The van der Waals surface area contributed by atoms with Crippen molar-refractivity contribution in [3.8, 4) is 0 Å². The van der Waals surface area contributed by atoms with E-state index in [0.717, 1.165) is 0 Å². The summed E-state index contributed by atoms with van der Waals surface area (Å²) >= 11 is 0. The van der Waals surface area contributed by atoms with E-state index in [2.05, 4.69) is 25.8 Å². The maximum atomic E-state index is 12.7. The number of aryl methyl sites for hydroxylation is 1. The van der Waals surface area contributed by atoms with Gasteiger partial charge in [0.05, 0.1) is 11.9 Å². The van der Waals surface area contributed by atoms with Crippen molar-refractivity contribution >= 4 is 28.8 Å². The third-order valence-corrected chi connectivity index (χ3v) is 4.10. The van der Waals surface area contributed by atoms with Gasteiger partial charge >= 0.3 is 0 Å². The van der Waals surface area contributed by atoms with E-state index in [9.17, 15) is 9.59 Å². The van der Waals surface area contributed by atoms with Crippen molar-refractivity contribution in [2.45, 2.75) is 13.5 Å². The number of rotatable bonds is 5. The van der Waals surface area contributed by atoms with Gasteiger partial charge in [0.15, 0.2) is 11.3 Å². The highest BCUT2D eigenvalue weighted by atomic mass is 16.2. The number of anilines is 2. The Balaban J connectivity index is 1.61. The van der Waals surface area contributed by atoms with Crippen molar-refractivity contribution in [2.24, 2.45) is 0 Å². The summed E-state index contributed by atoms with van der Waals surface area (Å²) in [6.07, 6.45) is 6.34. The van der Waals surface area contributed by atoms with Crippen LogP contribution in [0.5, 0.6) is 0 Å². The van der Waals surface area contributed by atoms with Crippen LogP contribution in [-0.2, 0) is 6.54 Å². The van der Waals surface area contributed by atoms with Gasteiger partial charge in [0, 0.05) is 30.8 Å². The molecular weight excluding hydrogens is 358 g/mol. The van der Waals surface area contributed by atoms with Gasteiger partial charge < -0.3 is 10.6 Å². The van der Waals surface area contributed by atoms with Crippen LogP contribution in [-0.4, -0.2) is 36.2 Å². The molecule has 140 valence electrons. The molecule has 0 aliphatic rings. The largest absolute Gasteiger partial charge is 0.321 e. The van der Waals surface area contributed by atoms with Crippen molar-refractivity contribution < 1.29 is 9.59 Å². The molecule has 4 rings (SSSR count). The molecule has 2 N–H and O–H groups in total. The molecule has 1 aromatic carbocycles.